The van der Waals surface area contributed by atoms with Gasteiger partial charge in [-0.2, -0.15) is 0 Å². The number of urea groups is 1. The van der Waals surface area contributed by atoms with Gasteiger partial charge in [0.2, 0.25) is 0 Å². The number of nitrogens with one attached hydrogen (secondary N) is 1. The molecule has 0 aliphatic carbocycles. The van der Waals surface area contributed by atoms with E-state index in [-0.39, 0.29) is 17.6 Å². The van der Waals surface area contributed by atoms with Gasteiger partial charge in [0.1, 0.15) is 11.6 Å². The van der Waals surface area contributed by atoms with Crippen LogP contribution in [0.25, 0.3) is 10.9 Å². The number of rotatable bonds is 10. The fraction of sp³-hybridized carbons (Fsp3) is 0.423. The summed E-state index contributed by atoms with van der Waals surface area (Å²) in [6.45, 7) is 4.75. The molecule has 3 aromatic rings. The molecule has 0 radical (unpaired) electrons. The number of carbonyl (C=O) groups excluding carboxylic acids is 1. The summed E-state index contributed by atoms with van der Waals surface area (Å²) in [5.74, 6) is 1.19. The van der Waals surface area contributed by atoms with E-state index in [9.17, 15) is 9.59 Å². The Morgan fingerprint density at radius 1 is 1.09 bits per heavy atom. The summed E-state index contributed by atoms with van der Waals surface area (Å²) < 4.78 is 6.98. The van der Waals surface area contributed by atoms with Crippen molar-refractivity contribution in [1.29, 1.82) is 0 Å². The molecule has 1 heterocycles. The first kappa shape index (κ1) is 24.3. The highest BCUT2D eigenvalue weighted by Gasteiger charge is 2.28. The molecule has 7 heteroatoms. The van der Waals surface area contributed by atoms with E-state index in [2.05, 4.69) is 12.2 Å². The van der Waals surface area contributed by atoms with Crippen molar-refractivity contribution in [2.24, 2.45) is 7.05 Å². The molecular weight excluding hydrogens is 416 g/mol. The first-order chi connectivity index (χ1) is 16.0. The number of anilines is 1. The lowest BCUT2D eigenvalue weighted by molar-refractivity contribution is 0.178. The minimum Gasteiger partial charge on any atom is -0.495 e. The third kappa shape index (κ3) is 5.53. The molecule has 0 bridgehead atoms. The first-order valence-electron chi connectivity index (χ1n) is 11.7. The Bertz CT molecular complexity index is 1140. The lowest BCUT2D eigenvalue weighted by Gasteiger charge is -2.32. The SMILES string of the molecule is CCCCCCN(C(=O)Nc1ccccc1OC)C(CC)c1nc2ccccc2c(=O)n1C. The summed E-state index contributed by atoms with van der Waals surface area (Å²) in [7, 11) is 3.31. The summed E-state index contributed by atoms with van der Waals surface area (Å²) in [5, 5.41) is 3.58. The molecule has 2 aromatic carbocycles. The van der Waals surface area contributed by atoms with Crippen molar-refractivity contribution in [3.63, 3.8) is 0 Å². The number of ether oxygens (including phenoxy) is 1. The van der Waals surface area contributed by atoms with Gasteiger partial charge in [0.25, 0.3) is 5.56 Å². The summed E-state index contributed by atoms with van der Waals surface area (Å²) in [6.07, 6.45) is 4.78. The van der Waals surface area contributed by atoms with Gasteiger partial charge in [-0.25, -0.2) is 9.78 Å². The van der Waals surface area contributed by atoms with E-state index in [1.54, 1.807) is 29.7 Å². The van der Waals surface area contributed by atoms with Gasteiger partial charge in [0.05, 0.1) is 29.7 Å². The highest BCUT2D eigenvalue weighted by molar-refractivity contribution is 5.91. The van der Waals surface area contributed by atoms with Gasteiger partial charge in [-0.3, -0.25) is 9.36 Å². The molecule has 33 heavy (non-hydrogen) atoms. The summed E-state index contributed by atoms with van der Waals surface area (Å²) in [6, 6.07) is 14.1. The molecule has 0 saturated heterocycles. The fourth-order valence-electron chi connectivity index (χ4n) is 4.12. The Balaban J connectivity index is 1.99. The second-order valence-corrected chi connectivity index (χ2v) is 8.16. The van der Waals surface area contributed by atoms with E-state index in [0.717, 1.165) is 25.7 Å². The van der Waals surface area contributed by atoms with E-state index in [1.807, 2.05) is 49.4 Å². The number of benzene rings is 2. The van der Waals surface area contributed by atoms with E-state index in [0.29, 0.717) is 41.1 Å². The molecule has 1 unspecified atom stereocenters. The van der Waals surface area contributed by atoms with Gasteiger partial charge in [-0.05, 0) is 37.1 Å². The van der Waals surface area contributed by atoms with Crippen LogP contribution in [0.2, 0.25) is 0 Å². The van der Waals surface area contributed by atoms with Crippen LogP contribution in [0, 0.1) is 0 Å². The number of unbranched alkanes of at least 4 members (excludes halogenated alkanes) is 3. The number of nitrogens with zero attached hydrogens (tertiary/aromatic N) is 3. The summed E-state index contributed by atoms with van der Waals surface area (Å²) in [5.41, 5.74) is 1.15. The van der Waals surface area contributed by atoms with E-state index in [4.69, 9.17) is 9.72 Å². The highest BCUT2D eigenvalue weighted by atomic mass is 16.5. The van der Waals surface area contributed by atoms with E-state index < -0.39 is 0 Å². The van der Waals surface area contributed by atoms with Crippen LogP contribution in [-0.4, -0.2) is 34.1 Å². The minimum absolute atomic E-state index is 0.106. The van der Waals surface area contributed by atoms with Gasteiger partial charge >= 0.3 is 6.03 Å². The van der Waals surface area contributed by atoms with Crippen molar-refractivity contribution in [2.45, 2.75) is 52.0 Å². The van der Waals surface area contributed by atoms with Crippen molar-refractivity contribution >= 4 is 22.6 Å². The number of carbonyl (C=O) groups is 1. The molecule has 0 aliphatic heterocycles. The Hall–Kier alpha value is -3.35. The van der Waals surface area contributed by atoms with Crippen LogP contribution in [0.3, 0.4) is 0 Å². The van der Waals surface area contributed by atoms with E-state index >= 15 is 0 Å². The predicted octanol–water partition coefficient (Wildman–Crippen LogP) is 5.51. The van der Waals surface area contributed by atoms with Crippen molar-refractivity contribution in [1.82, 2.24) is 14.5 Å². The smallest absolute Gasteiger partial charge is 0.322 e. The maximum Gasteiger partial charge on any atom is 0.322 e. The zero-order chi connectivity index (χ0) is 23.8. The van der Waals surface area contributed by atoms with Gasteiger partial charge in [0, 0.05) is 13.6 Å². The second kappa shape index (κ2) is 11.5. The molecule has 0 spiro atoms. The normalized spacial score (nSPS) is 11.9. The standard InChI is InChI=1S/C26H34N4O3/c1-5-7-8-13-18-30(26(32)28-21-16-11-12-17-23(21)33-4)22(6-2)24-27-20-15-10-9-14-19(20)25(31)29(24)3/h9-12,14-17,22H,5-8,13,18H2,1-4H3,(H,28,32). The molecular formula is C26H34N4O3. The first-order valence-corrected chi connectivity index (χ1v) is 11.7. The number of hydrogen-bond donors (Lipinski definition) is 1. The zero-order valence-electron chi connectivity index (χ0n) is 20.0. The van der Waals surface area contributed by atoms with Crippen LogP contribution in [0.1, 0.15) is 57.8 Å². The Labute approximate surface area is 195 Å². The van der Waals surface area contributed by atoms with Crippen molar-refractivity contribution in [3.05, 3.63) is 64.7 Å². The molecule has 176 valence electrons. The Morgan fingerprint density at radius 2 is 1.82 bits per heavy atom. The van der Waals surface area contributed by atoms with Gasteiger partial charge in [-0.15, -0.1) is 0 Å². The molecule has 0 fully saturated rings. The van der Waals surface area contributed by atoms with Gasteiger partial charge < -0.3 is 15.0 Å². The average molecular weight is 451 g/mol. The zero-order valence-corrected chi connectivity index (χ0v) is 20.0. The van der Waals surface area contributed by atoms with Crippen molar-refractivity contribution in [3.8, 4) is 5.75 Å². The maximum absolute atomic E-state index is 13.5. The van der Waals surface area contributed by atoms with Crippen LogP contribution >= 0.6 is 0 Å². The van der Waals surface area contributed by atoms with Crippen LogP contribution in [0.5, 0.6) is 5.75 Å². The topological polar surface area (TPSA) is 76.5 Å². The molecule has 0 aliphatic rings. The Morgan fingerprint density at radius 3 is 2.55 bits per heavy atom. The van der Waals surface area contributed by atoms with Crippen LogP contribution in [0.15, 0.2) is 53.3 Å². The lowest BCUT2D eigenvalue weighted by atomic mass is 10.1. The summed E-state index contributed by atoms with van der Waals surface area (Å²) in [4.78, 5) is 33.2. The number of methoxy groups -OCH3 is 1. The molecule has 1 N–H and O–H groups in total. The number of aromatic nitrogens is 2. The van der Waals surface area contributed by atoms with Crippen LogP contribution in [0.4, 0.5) is 10.5 Å². The number of para-hydroxylation sites is 3. The molecule has 0 saturated carbocycles. The molecule has 3 rings (SSSR count). The monoisotopic (exact) mass is 450 g/mol. The molecule has 1 aromatic heterocycles. The van der Waals surface area contributed by atoms with E-state index in [1.165, 1.54) is 0 Å². The van der Waals surface area contributed by atoms with Crippen molar-refractivity contribution < 1.29 is 9.53 Å². The third-order valence-electron chi connectivity index (χ3n) is 5.94. The quantitative estimate of drug-likeness (QED) is 0.413. The number of hydrogen-bond acceptors (Lipinski definition) is 4. The molecule has 2 amide bonds. The van der Waals surface area contributed by atoms with Crippen molar-refractivity contribution in [2.75, 3.05) is 19.0 Å². The Kier molecular flexibility index (Phi) is 8.46. The minimum atomic E-state index is -0.344. The second-order valence-electron chi connectivity index (χ2n) is 8.16. The average Bonchev–Trinajstić information content (AvgIpc) is 2.84. The predicted molar refractivity (Wildman–Crippen MR) is 133 cm³/mol. The molecule has 7 nitrogen and oxygen atoms in total. The van der Waals surface area contributed by atoms with Gasteiger partial charge in [-0.1, -0.05) is 57.4 Å². The van der Waals surface area contributed by atoms with Crippen LogP contribution < -0.4 is 15.6 Å². The lowest BCUT2D eigenvalue weighted by Crippen LogP contribution is -2.41. The largest absolute Gasteiger partial charge is 0.495 e. The van der Waals surface area contributed by atoms with Crippen LogP contribution in [-0.2, 0) is 7.05 Å². The fourth-order valence-corrected chi connectivity index (χ4v) is 4.12. The number of fused-ring (bicyclic) bond motifs is 1. The maximum atomic E-state index is 13.5. The third-order valence-corrected chi connectivity index (χ3v) is 5.94. The van der Waals surface area contributed by atoms with Gasteiger partial charge in [0.15, 0.2) is 0 Å². The molecule has 1 atom stereocenters. The number of amides is 2. The summed E-state index contributed by atoms with van der Waals surface area (Å²) >= 11 is 0. The highest BCUT2D eigenvalue weighted by Crippen LogP contribution is 2.28.